The number of esters is 1. The predicted octanol–water partition coefficient (Wildman–Crippen LogP) is 4.40. The van der Waals surface area contributed by atoms with E-state index in [9.17, 15) is 10.1 Å². The van der Waals surface area contributed by atoms with Gasteiger partial charge in [0.15, 0.2) is 0 Å². The highest BCUT2D eigenvalue weighted by atomic mass is 35.5. The molecule has 0 saturated heterocycles. The summed E-state index contributed by atoms with van der Waals surface area (Å²) in [5.41, 5.74) is 2.97. The van der Waals surface area contributed by atoms with Crippen molar-refractivity contribution >= 4 is 35.2 Å². The molecule has 0 radical (unpaired) electrons. The van der Waals surface area contributed by atoms with Crippen molar-refractivity contribution in [2.75, 3.05) is 6.61 Å². The van der Waals surface area contributed by atoms with E-state index in [1.807, 2.05) is 26.0 Å². The van der Waals surface area contributed by atoms with E-state index in [0.717, 1.165) is 23.5 Å². The molecule has 0 aromatic carbocycles. The van der Waals surface area contributed by atoms with Crippen LogP contribution in [0.1, 0.15) is 37.2 Å². The zero-order valence-electron chi connectivity index (χ0n) is 14.4. The van der Waals surface area contributed by atoms with E-state index >= 15 is 0 Å². The number of nitrogens with zero attached hydrogens (tertiary/aromatic N) is 2. The summed E-state index contributed by atoms with van der Waals surface area (Å²) in [5.74, 6) is -0.181. The maximum atomic E-state index is 12.1. The average molecular weight is 369 g/mol. The number of carbonyl (C=O) groups is 1. The second-order valence-electron chi connectivity index (χ2n) is 6.76. The molecular formula is C18H22Cl2N2O2. The molecule has 1 atom stereocenters. The number of hydrogen-bond donors (Lipinski definition) is 0. The van der Waals surface area contributed by atoms with Crippen molar-refractivity contribution in [1.82, 2.24) is 4.57 Å². The van der Waals surface area contributed by atoms with Gasteiger partial charge in [-0.1, -0.05) is 13.8 Å². The Bertz CT molecular complexity index is 711. The molecule has 4 nitrogen and oxygen atoms in total. The Balaban J connectivity index is 2.12. The van der Waals surface area contributed by atoms with E-state index in [2.05, 4.69) is 18.4 Å². The Kier molecular flexibility index (Phi) is 5.67. The van der Waals surface area contributed by atoms with Crippen LogP contribution >= 0.6 is 23.2 Å². The van der Waals surface area contributed by atoms with Crippen molar-refractivity contribution < 1.29 is 9.53 Å². The maximum absolute atomic E-state index is 12.1. The summed E-state index contributed by atoms with van der Waals surface area (Å²) in [4.78, 5) is 12.1. The number of alkyl halides is 2. The van der Waals surface area contributed by atoms with Gasteiger partial charge in [-0.3, -0.25) is 0 Å². The summed E-state index contributed by atoms with van der Waals surface area (Å²) in [7, 11) is 0. The average Bonchev–Trinajstić information content (AvgIpc) is 3.03. The monoisotopic (exact) mass is 368 g/mol. The number of nitriles is 1. The Hall–Kier alpha value is -1.44. The minimum absolute atomic E-state index is 0.0183. The number of ether oxygens (including phenoxy) is 1. The third kappa shape index (κ3) is 4.34. The normalized spacial score (nSPS) is 19.2. The number of hydrogen-bond acceptors (Lipinski definition) is 3. The molecule has 24 heavy (non-hydrogen) atoms. The molecule has 1 aromatic heterocycles. The molecule has 0 aliphatic heterocycles. The van der Waals surface area contributed by atoms with Gasteiger partial charge in [-0.2, -0.15) is 5.26 Å². The SMILES string of the molecule is Cc1cc(/C=C(/C#N)C(=O)OCC2CC2(Cl)Cl)c(C)n1CC(C)C. The van der Waals surface area contributed by atoms with Crippen molar-refractivity contribution in [3.8, 4) is 6.07 Å². The third-order valence-electron chi connectivity index (χ3n) is 4.17. The second kappa shape index (κ2) is 7.21. The second-order valence-corrected chi connectivity index (χ2v) is 8.30. The Morgan fingerprint density at radius 3 is 2.67 bits per heavy atom. The van der Waals surface area contributed by atoms with Crippen LogP contribution < -0.4 is 0 Å². The van der Waals surface area contributed by atoms with Gasteiger partial charge < -0.3 is 9.30 Å². The summed E-state index contributed by atoms with van der Waals surface area (Å²) in [5, 5.41) is 9.28. The van der Waals surface area contributed by atoms with Gasteiger partial charge in [-0.05, 0) is 43.9 Å². The highest BCUT2D eigenvalue weighted by Gasteiger charge is 2.52. The molecular weight excluding hydrogens is 347 g/mol. The van der Waals surface area contributed by atoms with Gasteiger partial charge >= 0.3 is 5.97 Å². The van der Waals surface area contributed by atoms with Gasteiger partial charge in [0.25, 0.3) is 0 Å². The first-order valence-electron chi connectivity index (χ1n) is 7.99. The van der Waals surface area contributed by atoms with E-state index in [0.29, 0.717) is 12.3 Å². The summed E-state index contributed by atoms with van der Waals surface area (Å²) >= 11 is 11.8. The van der Waals surface area contributed by atoms with E-state index in [1.54, 1.807) is 6.08 Å². The van der Waals surface area contributed by atoms with Crippen LogP contribution in [0.3, 0.4) is 0 Å². The van der Waals surface area contributed by atoms with Crippen molar-refractivity contribution in [3.05, 3.63) is 28.6 Å². The van der Waals surface area contributed by atoms with Crippen molar-refractivity contribution in [1.29, 1.82) is 5.26 Å². The van der Waals surface area contributed by atoms with Crippen LogP contribution in [0.25, 0.3) is 6.08 Å². The fourth-order valence-corrected chi connectivity index (χ4v) is 3.12. The summed E-state index contributed by atoms with van der Waals surface area (Å²) < 4.78 is 6.56. The third-order valence-corrected chi connectivity index (χ3v) is 5.10. The lowest BCUT2D eigenvalue weighted by molar-refractivity contribution is -0.138. The number of rotatable bonds is 6. The molecule has 1 aliphatic rings. The lowest BCUT2D eigenvalue weighted by atomic mass is 10.1. The molecule has 1 fully saturated rings. The molecule has 0 N–H and O–H groups in total. The van der Waals surface area contributed by atoms with Crippen LogP contribution in [0.4, 0.5) is 0 Å². The quantitative estimate of drug-likeness (QED) is 0.323. The molecule has 6 heteroatoms. The Morgan fingerprint density at radius 1 is 1.54 bits per heavy atom. The first-order chi connectivity index (χ1) is 11.2. The van der Waals surface area contributed by atoms with Crippen LogP contribution in [-0.4, -0.2) is 21.5 Å². The number of carbonyl (C=O) groups excluding carboxylic acids is 1. The standard InChI is InChI=1S/C18H22Cl2N2O2/c1-11(2)9-22-12(3)5-14(13(22)4)6-15(8-21)17(23)24-10-16-7-18(16,19)20/h5-6,11,16H,7,9-10H2,1-4H3/b15-6-. The lowest BCUT2D eigenvalue weighted by Crippen LogP contribution is -2.11. The fourth-order valence-electron chi connectivity index (χ4n) is 2.62. The minimum atomic E-state index is -0.793. The topological polar surface area (TPSA) is 55.0 Å². The molecule has 1 aromatic rings. The van der Waals surface area contributed by atoms with Crippen LogP contribution in [0.15, 0.2) is 11.6 Å². The molecule has 1 unspecified atom stereocenters. The molecule has 130 valence electrons. The molecule has 0 amide bonds. The fraction of sp³-hybridized carbons (Fsp3) is 0.556. The minimum Gasteiger partial charge on any atom is -0.461 e. The summed E-state index contributed by atoms with van der Waals surface area (Å²) in [6.45, 7) is 9.34. The van der Waals surface area contributed by atoms with Gasteiger partial charge in [-0.15, -0.1) is 23.2 Å². The Morgan fingerprint density at radius 2 is 2.17 bits per heavy atom. The van der Waals surface area contributed by atoms with Gasteiger partial charge in [0.05, 0.1) is 6.61 Å². The number of aryl methyl sites for hydroxylation is 1. The van der Waals surface area contributed by atoms with Gasteiger partial charge in [0, 0.05) is 23.9 Å². The number of aromatic nitrogens is 1. The van der Waals surface area contributed by atoms with Gasteiger partial charge in [0.2, 0.25) is 0 Å². The molecule has 2 rings (SSSR count). The van der Waals surface area contributed by atoms with E-state index in [-0.39, 0.29) is 18.1 Å². The molecule has 1 saturated carbocycles. The van der Waals surface area contributed by atoms with E-state index in [1.165, 1.54) is 0 Å². The van der Waals surface area contributed by atoms with Crippen LogP contribution in [0, 0.1) is 37.0 Å². The zero-order valence-corrected chi connectivity index (χ0v) is 15.9. The first kappa shape index (κ1) is 18.9. The van der Waals surface area contributed by atoms with Crippen LogP contribution in [0.2, 0.25) is 0 Å². The molecule has 1 heterocycles. The van der Waals surface area contributed by atoms with Crippen LogP contribution in [-0.2, 0) is 16.1 Å². The lowest BCUT2D eigenvalue weighted by Gasteiger charge is -2.12. The summed E-state index contributed by atoms with van der Waals surface area (Å²) in [6, 6.07) is 3.90. The van der Waals surface area contributed by atoms with E-state index < -0.39 is 10.3 Å². The molecule has 0 spiro atoms. The predicted molar refractivity (Wildman–Crippen MR) is 95.8 cm³/mol. The van der Waals surface area contributed by atoms with E-state index in [4.69, 9.17) is 27.9 Å². The zero-order chi connectivity index (χ0) is 18.1. The largest absolute Gasteiger partial charge is 0.461 e. The van der Waals surface area contributed by atoms with Gasteiger partial charge in [-0.25, -0.2) is 4.79 Å². The summed E-state index contributed by atoms with van der Waals surface area (Å²) in [6.07, 6.45) is 2.19. The van der Waals surface area contributed by atoms with Crippen LogP contribution in [0.5, 0.6) is 0 Å². The molecule has 1 aliphatic carbocycles. The Labute approximate surface area is 153 Å². The molecule has 0 bridgehead atoms. The number of halogens is 2. The van der Waals surface area contributed by atoms with Crippen molar-refractivity contribution in [3.63, 3.8) is 0 Å². The van der Waals surface area contributed by atoms with Gasteiger partial charge in [0.1, 0.15) is 16.0 Å². The highest BCUT2D eigenvalue weighted by Crippen LogP contribution is 2.53. The first-order valence-corrected chi connectivity index (χ1v) is 8.74. The van der Waals surface area contributed by atoms with Crippen molar-refractivity contribution in [2.45, 2.75) is 45.0 Å². The smallest absolute Gasteiger partial charge is 0.348 e. The maximum Gasteiger partial charge on any atom is 0.348 e. The van der Waals surface area contributed by atoms with Crippen molar-refractivity contribution in [2.24, 2.45) is 11.8 Å². The highest BCUT2D eigenvalue weighted by molar-refractivity contribution is 6.50.